The molecule has 0 fully saturated rings. The Balaban J connectivity index is 0.00000461. The molecule has 0 aliphatic heterocycles. The number of aromatic hydroxyl groups is 1. The molecule has 5 rings (SSSR count). The number of imidazole rings is 1. The van der Waals surface area contributed by atoms with Gasteiger partial charge < -0.3 is 14.4 Å². The molecule has 0 unspecified atom stereocenters. The van der Waals surface area contributed by atoms with Gasteiger partial charge in [0.2, 0.25) is 5.88 Å². The van der Waals surface area contributed by atoms with Gasteiger partial charge in [0.1, 0.15) is 11.4 Å². The molecule has 0 saturated carbocycles. The monoisotopic (exact) mass is 655 g/mol. The van der Waals surface area contributed by atoms with E-state index in [-0.39, 0.29) is 41.2 Å². The largest absolute Gasteiger partial charge is 1.00 e. The first kappa shape index (κ1) is 34.9. The second kappa shape index (κ2) is 16.6. The summed E-state index contributed by atoms with van der Waals surface area (Å²) in [6, 6.07) is 25.6. The van der Waals surface area contributed by atoms with Crippen LogP contribution in [-0.2, 0) is 23.0 Å². The van der Waals surface area contributed by atoms with Gasteiger partial charge in [-0.05, 0) is 36.1 Å². The van der Waals surface area contributed by atoms with Crippen molar-refractivity contribution >= 4 is 27.4 Å². The van der Waals surface area contributed by atoms with Crippen LogP contribution in [-0.4, -0.2) is 44.8 Å². The van der Waals surface area contributed by atoms with Crippen LogP contribution in [0.2, 0.25) is 5.02 Å². The number of unbranched alkanes of at least 4 members (excludes halogenated alkanes) is 5. The standard InChI is InChI=1S/C34H36ClN3O5S.Na/c35-28-21-26(17-18-32(28)43-19-11-3-1-2-4-12-20-44(40,41)42)23-30-34(39)38-24-31(27-15-9-6-10-16-27)36-29(33(38)37-30)22-25-13-7-5-8-14-25;/h5-10,13-18,21,24,39H,1-4,11-12,19-20,22-23H2,(H,40,41,42);/q;+1/p-1. The molecule has 0 amide bonds. The van der Waals surface area contributed by atoms with Gasteiger partial charge >= 0.3 is 29.6 Å². The summed E-state index contributed by atoms with van der Waals surface area (Å²) in [5.41, 5.74) is 5.62. The summed E-state index contributed by atoms with van der Waals surface area (Å²) in [4.78, 5) is 9.79. The molecule has 0 radical (unpaired) electrons. The Morgan fingerprint density at radius 3 is 2.13 bits per heavy atom. The Bertz CT molecular complexity index is 1800. The number of hydrogen-bond donors (Lipinski definition) is 1. The Morgan fingerprint density at radius 1 is 0.800 bits per heavy atom. The van der Waals surface area contributed by atoms with Crippen molar-refractivity contribution in [3.63, 3.8) is 0 Å². The third-order valence-corrected chi connectivity index (χ3v) is 8.50. The normalized spacial score (nSPS) is 11.4. The molecule has 2 heterocycles. The van der Waals surface area contributed by atoms with E-state index >= 15 is 0 Å². The van der Waals surface area contributed by atoms with Crippen LogP contribution in [0.3, 0.4) is 0 Å². The van der Waals surface area contributed by atoms with Crippen LogP contribution in [0.25, 0.3) is 16.9 Å². The van der Waals surface area contributed by atoms with Crippen molar-refractivity contribution in [2.45, 2.75) is 51.4 Å². The predicted molar refractivity (Wildman–Crippen MR) is 171 cm³/mol. The van der Waals surface area contributed by atoms with Gasteiger partial charge in [-0.1, -0.05) is 104 Å². The van der Waals surface area contributed by atoms with Crippen molar-refractivity contribution in [3.8, 4) is 22.9 Å². The number of rotatable bonds is 15. The Morgan fingerprint density at radius 2 is 1.44 bits per heavy atom. The first-order chi connectivity index (χ1) is 21.3. The van der Waals surface area contributed by atoms with Gasteiger partial charge in [0.25, 0.3) is 0 Å². The van der Waals surface area contributed by atoms with Crippen molar-refractivity contribution < 1.29 is 52.4 Å². The van der Waals surface area contributed by atoms with Crippen LogP contribution >= 0.6 is 11.6 Å². The van der Waals surface area contributed by atoms with Crippen LogP contribution in [0.15, 0.2) is 85.1 Å². The average molecular weight is 656 g/mol. The molecule has 5 aromatic rings. The molecular weight excluding hydrogens is 621 g/mol. The maximum Gasteiger partial charge on any atom is 1.00 e. The van der Waals surface area contributed by atoms with Crippen molar-refractivity contribution in [1.82, 2.24) is 14.4 Å². The second-order valence-corrected chi connectivity index (χ2v) is 12.8. The van der Waals surface area contributed by atoms with E-state index in [0.29, 0.717) is 48.0 Å². The zero-order valence-corrected chi connectivity index (χ0v) is 28.9. The molecule has 45 heavy (non-hydrogen) atoms. The zero-order chi connectivity index (χ0) is 30.9. The summed E-state index contributed by atoms with van der Waals surface area (Å²) in [6.45, 7) is 0.516. The van der Waals surface area contributed by atoms with Crippen LogP contribution in [0.5, 0.6) is 11.6 Å². The van der Waals surface area contributed by atoms with E-state index in [2.05, 4.69) is 12.1 Å². The van der Waals surface area contributed by atoms with E-state index in [9.17, 15) is 18.1 Å². The molecule has 230 valence electrons. The molecule has 0 aliphatic carbocycles. The van der Waals surface area contributed by atoms with Gasteiger partial charge in [-0.2, -0.15) is 0 Å². The van der Waals surface area contributed by atoms with Gasteiger partial charge in [0, 0.05) is 30.4 Å². The Hall–Kier alpha value is -2.92. The fourth-order valence-electron chi connectivity index (χ4n) is 5.15. The van der Waals surface area contributed by atoms with E-state index < -0.39 is 10.1 Å². The first-order valence-electron chi connectivity index (χ1n) is 14.8. The van der Waals surface area contributed by atoms with E-state index in [1.807, 2.05) is 72.9 Å². The maximum atomic E-state index is 11.3. The van der Waals surface area contributed by atoms with Crippen LogP contribution in [0, 0.1) is 0 Å². The molecule has 8 nitrogen and oxygen atoms in total. The molecule has 0 atom stereocenters. The van der Waals surface area contributed by atoms with Gasteiger partial charge in [0.15, 0.2) is 5.65 Å². The molecule has 3 aromatic carbocycles. The molecule has 0 saturated heterocycles. The van der Waals surface area contributed by atoms with Crippen LogP contribution in [0.4, 0.5) is 0 Å². The second-order valence-electron chi connectivity index (χ2n) is 10.9. The third kappa shape index (κ3) is 10.0. The average Bonchev–Trinajstić information content (AvgIpc) is 3.32. The number of ether oxygens (including phenoxy) is 1. The number of halogens is 1. The molecule has 0 bridgehead atoms. The fourth-order valence-corrected chi connectivity index (χ4v) is 5.97. The third-order valence-electron chi connectivity index (χ3n) is 7.42. The predicted octanol–water partition coefficient (Wildman–Crippen LogP) is 4.21. The van der Waals surface area contributed by atoms with E-state index in [4.69, 9.17) is 26.3 Å². The minimum Gasteiger partial charge on any atom is -0.748 e. The molecule has 11 heteroatoms. The maximum absolute atomic E-state index is 11.3. The summed E-state index contributed by atoms with van der Waals surface area (Å²) in [5.74, 6) is 0.375. The SMILES string of the molecule is O=S(=O)([O-])CCCCCCCCOc1ccc(Cc2nc3c(Cc4ccccc4)nc(-c4ccccc4)cn3c2O)cc1Cl.[Na+]. The number of aromatic nitrogens is 3. The van der Waals surface area contributed by atoms with E-state index in [0.717, 1.165) is 60.2 Å². The van der Waals surface area contributed by atoms with Crippen molar-refractivity contribution in [2.24, 2.45) is 0 Å². The van der Waals surface area contributed by atoms with E-state index in [1.165, 1.54) is 0 Å². The molecule has 0 spiro atoms. The van der Waals surface area contributed by atoms with Crippen molar-refractivity contribution in [2.75, 3.05) is 12.4 Å². The van der Waals surface area contributed by atoms with Gasteiger partial charge in [0.05, 0.1) is 33.1 Å². The summed E-state index contributed by atoms with van der Waals surface area (Å²) in [6.07, 6.45) is 7.56. The quantitative estimate of drug-likeness (QED) is 0.102. The van der Waals surface area contributed by atoms with E-state index in [1.54, 1.807) is 4.40 Å². The zero-order valence-electron chi connectivity index (χ0n) is 25.4. The minimum atomic E-state index is -4.12. The minimum absolute atomic E-state index is 0. The molecular formula is C34H35ClN3NaO5S. The first-order valence-corrected chi connectivity index (χ1v) is 16.8. The topological polar surface area (TPSA) is 117 Å². The summed E-state index contributed by atoms with van der Waals surface area (Å²) in [7, 11) is -4.12. The number of benzene rings is 3. The smallest absolute Gasteiger partial charge is 0.748 e. The van der Waals surface area contributed by atoms with Crippen molar-refractivity contribution in [1.29, 1.82) is 0 Å². The van der Waals surface area contributed by atoms with Gasteiger partial charge in [-0.15, -0.1) is 0 Å². The summed E-state index contributed by atoms with van der Waals surface area (Å²) in [5, 5.41) is 11.8. The summed E-state index contributed by atoms with van der Waals surface area (Å²) < 4.78 is 39.6. The number of fused-ring (bicyclic) bond motifs is 1. The molecule has 0 aliphatic rings. The van der Waals surface area contributed by atoms with Gasteiger partial charge in [-0.3, -0.25) is 4.40 Å². The molecule has 1 N–H and O–H groups in total. The number of hydrogen-bond acceptors (Lipinski definition) is 7. The van der Waals surface area contributed by atoms with Crippen molar-refractivity contribution in [3.05, 3.63) is 113 Å². The fraction of sp³-hybridized carbons (Fsp3) is 0.294. The Kier molecular flexibility index (Phi) is 12.9. The Labute approximate surface area is 291 Å². The van der Waals surface area contributed by atoms with Gasteiger partial charge in [-0.25, -0.2) is 18.4 Å². The summed E-state index contributed by atoms with van der Waals surface area (Å²) >= 11 is 6.55. The number of nitrogens with zero attached hydrogens (tertiary/aromatic N) is 3. The van der Waals surface area contributed by atoms with Crippen LogP contribution in [0.1, 0.15) is 61.0 Å². The molecule has 2 aromatic heterocycles. The van der Waals surface area contributed by atoms with Crippen LogP contribution < -0.4 is 34.3 Å².